The lowest BCUT2D eigenvalue weighted by molar-refractivity contribution is 0.410. The molecule has 2 rings (SSSR count). The van der Waals surface area contributed by atoms with Gasteiger partial charge in [0.25, 0.3) is 0 Å². The highest BCUT2D eigenvalue weighted by Gasteiger charge is 2.16. The van der Waals surface area contributed by atoms with Crippen LogP contribution in [0, 0.1) is 6.92 Å². The summed E-state index contributed by atoms with van der Waals surface area (Å²) in [5, 5.41) is 0. The average molecular weight is 400 g/mol. The topological polar surface area (TPSA) is 18.5 Å². The third-order valence-corrected chi connectivity index (χ3v) is 4.77. The second-order valence-electron chi connectivity index (χ2n) is 4.50. The van der Waals surface area contributed by atoms with Gasteiger partial charge >= 0.3 is 0 Å². The van der Waals surface area contributed by atoms with E-state index in [0.717, 1.165) is 27.1 Å². The van der Waals surface area contributed by atoms with Crippen LogP contribution < -0.4 is 9.47 Å². The van der Waals surface area contributed by atoms with Gasteiger partial charge in [0.15, 0.2) is 0 Å². The van der Waals surface area contributed by atoms with Gasteiger partial charge in [0.05, 0.1) is 23.5 Å². The zero-order valence-electron chi connectivity index (χ0n) is 11.6. The molecule has 106 valence electrons. The Balaban J connectivity index is 2.43. The van der Waals surface area contributed by atoms with Gasteiger partial charge in [0.2, 0.25) is 0 Å². The van der Waals surface area contributed by atoms with Crippen LogP contribution in [0.2, 0.25) is 0 Å². The first kappa shape index (κ1) is 15.4. The Kier molecular flexibility index (Phi) is 5.11. The molecule has 4 heteroatoms. The summed E-state index contributed by atoms with van der Waals surface area (Å²) in [6.45, 7) is 2.08. The van der Waals surface area contributed by atoms with Crippen molar-refractivity contribution in [1.82, 2.24) is 0 Å². The average Bonchev–Trinajstić information content (AvgIpc) is 2.46. The predicted octanol–water partition coefficient (Wildman–Crippen LogP) is 5.26. The Labute approximate surface area is 136 Å². The number of methoxy groups -OCH3 is 2. The fourth-order valence-electron chi connectivity index (χ4n) is 2.07. The van der Waals surface area contributed by atoms with Crippen molar-refractivity contribution >= 4 is 31.9 Å². The molecule has 2 nitrogen and oxygen atoms in total. The molecule has 0 fully saturated rings. The minimum absolute atomic E-state index is 0.0690. The molecule has 0 aliphatic carbocycles. The van der Waals surface area contributed by atoms with E-state index in [1.165, 1.54) is 5.56 Å². The zero-order valence-corrected chi connectivity index (χ0v) is 14.8. The Morgan fingerprint density at radius 1 is 0.950 bits per heavy atom. The highest BCUT2D eigenvalue weighted by atomic mass is 79.9. The van der Waals surface area contributed by atoms with Gasteiger partial charge in [-0.05, 0) is 46.6 Å². The monoisotopic (exact) mass is 398 g/mol. The molecule has 0 heterocycles. The molecule has 0 bridgehead atoms. The summed E-state index contributed by atoms with van der Waals surface area (Å²) in [6.07, 6.45) is 0. The summed E-state index contributed by atoms with van der Waals surface area (Å²) >= 11 is 7.28. The van der Waals surface area contributed by atoms with Gasteiger partial charge in [-0.2, -0.15) is 0 Å². The standard InChI is InChI=1S/C16H16Br2O2/c1-10-4-6-14(19-2)12(8-10)16(18)11-5-7-15(20-3)13(17)9-11/h4-9,16H,1-3H3. The molecular weight excluding hydrogens is 384 g/mol. The number of aryl methyl sites for hydroxylation is 1. The van der Waals surface area contributed by atoms with Gasteiger partial charge in [-0.3, -0.25) is 0 Å². The second-order valence-corrected chi connectivity index (χ2v) is 6.27. The Hall–Kier alpha value is -1.00. The normalized spacial score (nSPS) is 12.1. The molecule has 0 radical (unpaired) electrons. The van der Waals surface area contributed by atoms with Crippen LogP contribution in [0.5, 0.6) is 11.5 Å². The molecule has 0 aromatic heterocycles. The van der Waals surface area contributed by atoms with E-state index in [1.54, 1.807) is 14.2 Å². The van der Waals surface area contributed by atoms with Crippen LogP contribution in [-0.4, -0.2) is 14.2 Å². The van der Waals surface area contributed by atoms with Crippen LogP contribution in [0.1, 0.15) is 21.5 Å². The summed E-state index contributed by atoms with van der Waals surface area (Å²) in [7, 11) is 3.35. The molecule has 0 aliphatic rings. The third kappa shape index (κ3) is 3.18. The molecule has 0 spiro atoms. The van der Waals surface area contributed by atoms with Crippen LogP contribution in [0.15, 0.2) is 40.9 Å². The maximum atomic E-state index is 5.45. The van der Waals surface area contributed by atoms with Gasteiger partial charge in [0, 0.05) is 5.56 Å². The number of hydrogen-bond donors (Lipinski definition) is 0. The number of halogens is 2. The van der Waals surface area contributed by atoms with Crippen molar-refractivity contribution in [1.29, 1.82) is 0 Å². The minimum Gasteiger partial charge on any atom is -0.496 e. The molecule has 20 heavy (non-hydrogen) atoms. The molecule has 0 amide bonds. The first-order chi connectivity index (χ1) is 9.56. The van der Waals surface area contributed by atoms with Crippen LogP contribution >= 0.6 is 31.9 Å². The first-order valence-electron chi connectivity index (χ1n) is 6.19. The number of ether oxygens (including phenoxy) is 2. The number of hydrogen-bond acceptors (Lipinski definition) is 2. The van der Waals surface area contributed by atoms with E-state index < -0.39 is 0 Å². The Morgan fingerprint density at radius 2 is 1.60 bits per heavy atom. The van der Waals surface area contributed by atoms with Gasteiger partial charge in [-0.15, -0.1) is 0 Å². The van der Waals surface area contributed by atoms with Crippen LogP contribution in [-0.2, 0) is 0 Å². The quantitative estimate of drug-likeness (QED) is 0.653. The maximum Gasteiger partial charge on any atom is 0.133 e. The summed E-state index contributed by atoms with van der Waals surface area (Å²) in [4.78, 5) is 0.0690. The summed E-state index contributed by atoms with van der Waals surface area (Å²) in [5.74, 6) is 1.70. The Morgan fingerprint density at radius 3 is 2.20 bits per heavy atom. The van der Waals surface area contributed by atoms with Crippen LogP contribution in [0.25, 0.3) is 0 Å². The lowest BCUT2D eigenvalue weighted by Crippen LogP contribution is -1.98. The molecule has 2 aromatic rings. The smallest absolute Gasteiger partial charge is 0.133 e. The number of rotatable bonds is 4. The predicted molar refractivity (Wildman–Crippen MR) is 89.2 cm³/mol. The highest BCUT2D eigenvalue weighted by Crippen LogP contribution is 2.39. The minimum atomic E-state index is 0.0690. The first-order valence-corrected chi connectivity index (χ1v) is 7.89. The van der Waals surface area contributed by atoms with E-state index in [2.05, 4.69) is 50.9 Å². The summed E-state index contributed by atoms with van der Waals surface area (Å²) in [6, 6.07) is 12.2. The van der Waals surface area contributed by atoms with Gasteiger partial charge in [0.1, 0.15) is 11.5 Å². The third-order valence-electron chi connectivity index (χ3n) is 3.13. The lowest BCUT2D eigenvalue weighted by Gasteiger charge is -2.16. The van der Waals surface area contributed by atoms with Crippen LogP contribution in [0.3, 0.4) is 0 Å². The van der Waals surface area contributed by atoms with E-state index >= 15 is 0 Å². The van der Waals surface area contributed by atoms with Gasteiger partial charge < -0.3 is 9.47 Å². The largest absolute Gasteiger partial charge is 0.496 e. The zero-order chi connectivity index (χ0) is 14.7. The maximum absolute atomic E-state index is 5.45. The van der Waals surface area contributed by atoms with Gasteiger partial charge in [-0.25, -0.2) is 0 Å². The van der Waals surface area contributed by atoms with E-state index in [9.17, 15) is 0 Å². The number of benzene rings is 2. The summed E-state index contributed by atoms with van der Waals surface area (Å²) < 4.78 is 11.7. The fraction of sp³-hybridized carbons (Fsp3) is 0.250. The lowest BCUT2D eigenvalue weighted by atomic mass is 10.0. The van der Waals surface area contributed by atoms with Crippen molar-refractivity contribution < 1.29 is 9.47 Å². The molecule has 1 unspecified atom stereocenters. The molecule has 0 saturated carbocycles. The molecular formula is C16H16Br2O2. The number of alkyl halides is 1. The van der Waals surface area contributed by atoms with Crippen molar-refractivity contribution in [2.45, 2.75) is 11.8 Å². The van der Waals surface area contributed by atoms with Crippen molar-refractivity contribution in [3.05, 3.63) is 57.6 Å². The second kappa shape index (κ2) is 6.64. The molecule has 2 aromatic carbocycles. The van der Waals surface area contributed by atoms with Crippen molar-refractivity contribution in [3.8, 4) is 11.5 Å². The van der Waals surface area contributed by atoms with Crippen molar-refractivity contribution in [3.63, 3.8) is 0 Å². The summed E-state index contributed by atoms with van der Waals surface area (Å²) in [5.41, 5.74) is 3.46. The van der Waals surface area contributed by atoms with Gasteiger partial charge in [-0.1, -0.05) is 39.7 Å². The molecule has 0 N–H and O–H groups in total. The highest BCUT2D eigenvalue weighted by molar-refractivity contribution is 9.10. The molecule has 0 saturated heterocycles. The van der Waals surface area contributed by atoms with Crippen LogP contribution in [0.4, 0.5) is 0 Å². The van der Waals surface area contributed by atoms with Crippen molar-refractivity contribution in [2.75, 3.05) is 14.2 Å². The molecule has 0 aliphatic heterocycles. The fourth-order valence-corrected chi connectivity index (χ4v) is 3.27. The van der Waals surface area contributed by atoms with E-state index in [4.69, 9.17) is 9.47 Å². The van der Waals surface area contributed by atoms with Crippen molar-refractivity contribution in [2.24, 2.45) is 0 Å². The molecule has 1 atom stereocenters. The van der Waals surface area contributed by atoms with E-state index in [-0.39, 0.29) is 4.83 Å². The van der Waals surface area contributed by atoms with E-state index in [1.807, 2.05) is 24.3 Å². The Bertz CT molecular complexity index is 611. The van der Waals surface area contributed by atoms with E-state index in [0.29, 0.717) is 0 Å². The SMILES string of the molecule is COc1ccc(C(Br)c2cc(C)ccc2OC)cc1Br.